The first-order valence-electron chi connectivity index (χ1n) is 26.1. The molecular formula is C55H68F4N10O8. The standard InChI is InChI=1S/C30H42N4O6.C25H26F4N6O2/c1-3-33(4-2)26(37)19-18-24(35)31-20-11-9-7-5-6-8-10-13-21-14-12-15-22-27(21)30(40)34(29(22)39)23-16-17-25(36)32-28(23)38;1-13-11-35(12-14(2)34(13)3)21-8-19(26)16(15-4-5-22(30)31-9-15)6-20(21)33-24(37)17-10-32-23(36)7-18(17)25(27,28)29/h12,14-15,23H,3-11,13,16-20H2,1-2H3,(H,31,35)(H,32,36,38);4-10,13-14H,11-12H2,1-3H3,(H2,30,31)(H,32,36)(H,33,37)/t;13-,14+. The molecule has 3 aliphatic heterocycles. The zero-order valence-electron chi connectivity index (χ0n) is 44.1. The number of piperidine rings is 1. The van der Waals surface area contributed by atoms with E-state index < -0.39 is 58.4 Å². The molecular weight excluding hydrogens is 1000 g/mol. The van der Waals surface area contributed by atoms with Crippen molar-refractivity contribution in [2.75, 3.05) is 55.7 Å². The van der Waals surface area contributed by atoms with E-state index in [0.29, 0.717) is 73.8 Å². The lowest BCUT2D eigenvalue weighted by Gasteiger charge is -2.44. The lowest BCUT2D eigenvalue weighted by Crippen LogP contribution is -2.55. The number of nitrogen functional groups attached to an aromatic ring is 1. The first kappa shape index (κ1) is 58.8. The molecule has 22 heteroatoms. The van der Waals surface area contributed by atoms with Crippen molar-refractivity contribution in [1.29, 1.82) is 0 Å². The van der Waals surface area contributed by atoms with E-state index in [1.807, 2.05) is 45.7 Å². The van der Waals surface area contributed by atoms with Crippen molar-refractivity contribution < 1.29 is 51.1 Å². The van der Waals surface area contributed by atoms with Gasteiger partial charge in [0.2, 0.25) is 29.2 Å². The van der Waals surface area contributed by atoms with E-state index in [9.17, 15) is 51.5 Å². The van der Waals surface area contributed by atoms with Crippen LogP contribution in [0.25, 0.3) is 11.1 Å². The average Bonchev–Trinajstić information content (AvgIpc) is 3.66. The number of pyridine rings is 2. The van der Waals surface area contributed by atoms with Crippen molar-refractivity contribution in [2.24, 2.45) is 0 Å². The Bertz CT molecular complexity index is 2860. The molecule has 7 rings (SSSR count). The van der Waals surface area contributed by atoms with Gasteiger partial charge in [-0.15, -0.1) is 0 Å². The fourth-order valence-corrected chi connectivity index (χ4v) is 9.78. The Morgan fingerprint density at radius 3 is 2.17 bits per heavy atom. The summed E-state index contributed by atoms with van der Waals surface area (Å²) in [7, 11) is 1.97. The number of likely N-dealkylation sites (N-methyl/N-ethyl adjacent to an activating group) is 1. The van der Waals surface area contributed by atoms with E-state index in [1.54, 1.807) is 23.1 Å². The number of anilines is 3. The third-order valence-electron chi connectivity index (χ3n) is 14.3. The number of alkyl halides is 3. The number of rotatable bonds is 20. The second kappa shape index (κ2) is 26.5. The Hall–Kier alpha value is -7.49. The molecule has 0 spiro atoms. The number of hydrogen-bond acceptors (Lipinski definition) is 12. The number of hydrogen-bond donors (Lipinski definition) is 5. The highest BCUT2D eigenvalue weighted by Gasteiger charge is 2.45. The van der Waals surface area contributed by atoms with Crippen LogP contribution in [0.2, 0.25) is 0 Å². The van der Waals surface area contributed by atoms with Crippen LogP contribution in [0.1, 0.15) is 141 Å². The SMILES string of the molecule is CCN(CC)C(=O)CCC(=O)NCCCCCCCCCc1cccc2c1C(=O)N(C1CCC(=O)NC1=O)C2=O.C[C@@H]1CN(c2cc(F)c(-c3ccc(N)nc3)cc2NC(=O)c2c[nH]c(=O)cc2C(F)(F)F)C[C@H](C)N1C. The quantitative estimate of drug-likeness (QED) is 0.0339. The molecule has 3 atom stereocenters. The third kappa shape index (κ3) is 14.9. The molecule has 4 aromatic rings. The number of nitrogens with one attached hydrogen (secondary N) is 4. The molecule has 0 radical (unpaired) electrons. The van der Waals surface area contributed by atoms with Crippen LogP contribution in [0.15, 0.2) is 65.7 Å². The maximum Gasteiger partial charge on any atom is 0.417 e. The lowest BCUT2D eigenvalue weighted by molar-refractivity contribution is -0.138. The van der Waals surface area contributed by atoms with Crippen LogP contribution in [0.5, 0.6) is 0 Å². The number of fused-ring (bicyclic) bond motifs is 1. The van der Waals surface area contributed by atoms with Crippen LogP contribution in [0, 0.1) is 5.82 Å². The Labute approximate surface area is 444 Å². The highest BCUT2D eigenvalue weighted by Crippen LogP contribution is 2.38. The Kier molecular flexibility index (Phi) is 20.2. The Morgan fingerprint density at radius 2 is 1.53 bits per heavy atom. The van der Waals surface area contributed by atoms with Crippen LogP contribution in [0.3, 0.4) is 0 Å². The predicted molar refractivity (Wildman–Crippen MR) is 282 cm³/mol. The van der Waals surface area contributed by atoms with Crippen LogP contribution in [-0.4, -0.2) is 124 Å². The summed E-state index contributed by atoms with van der Waals surface area (Å²) < 4.78 is 56.1. The summed E-state index contributed by atoms with van der Waals surface area (Å²) in [5.74, 6) is -3.44. The number of nitrogens with two attached hydrogens (primary N) is 1. The number of carbonyl (C=O) groups is 7. The molecule has 18 nitrogen and oxygen atoms in total. The summed E-state index contributed by atoms with van der Waals surface area (Å²) in [6.07, 6.45) is 5.59. The van der Waals surface area contributed by atoms with Crippen molar-refractivity contribution in [3.8, 4) is 11.1 Å². The van der Waals surface area contributed by atoms with Gasteiger partial charge in [0, 0.05) is 93.7 Å². The number of benzene rings is 2. The van der Waals surface area contributed by atoms with Gasteiger partial charge in [-0.3, -0.25) is 53.5 Å². The summed E-state index contributed by atoms with van der Waals surface area (Å²) in [5, 5.41) is 7.64. The number of unbranched alkanes of at least 4 members (excludes halogenated alkanes) is 6. The molecule has 2 aromatic carbocycles. The fraction of sp³-hybridized carbons (Fsp3) is 0.473. The smallest absolute Gasteiger partial charge is 0.384 e. The minimum absolute atomic E-state index is 0.0195. The van der Waals surface area contributed by atoms with Crippen LogP contribution in [-0.2, 0) is 31.8 Å². The number of halogens is 4. The number of piperazine rings is 1. The van der Waals surface area contributed by atoms with Gasteiger partial charge in [-0.25, -0.2) is 9.37 Å². The van der Waals surface area contributed by atoms with Crippen LogP contribution in [0.4, 0.5) is 34.8 Å². The number of aryl methyl sites for hydroxylation is 1. The summed E-state index contributed by atoms with van der Waals surface area (Å²) in [4.78, 5) is 111. The van der Waals surface area contributed by atoms with E-state index in [1.165, 1.54) is 24.4 Å². The summed E-state index contributed by atoms with van der Waals surface area (Å²) in [6, 6.07) is 10.5. The van der Waals surface area contributed by atoms with Gasteiger partial charge in [0.1, 0.15) is 17.7 Å². The van der Waals surface area contributed by atoms with Gasteiger partial charge in [0.15, 0.2) is 0 Å². The third-order valence-corrected chi connectivity index (χ3v) is 14.3. The maximum atomic E-state index is 15.4. The molecule has 3 aliphatic rings. The second-order valence-electron chi connectivity index (χ2n) is 19.6. The summed E-state index contributed by atoms with van der Waals surface area (Å²) in [5.41, 5.74) is 4.92. The van der Waals surface area contributed by atoms with Crippen molar-refractivity contribution in [1.82, 2.24) is 35.3 Å². The normalized spacial score (nSPS) is 17.6. The summed E-state index contributed by atoms with van der Waals surface area (Å²) in [6.45, 7) is 10.8. The number of carbonyl (C=O) groups excluding carboxylic acids is 7. The zero-order chi connectivity index (χ0) is 56.1. The molecule has 1 unspecified atom stereocenters. The van der Waals surface area contributed by atoms with Crippen molar-refractivity contribution in [3.63, 3.8) is 0 Å². The predicted octanol–water partition coefficient (Wildman–Crippen LogP) is 7.08. The molecule has 7 amide bonds. The highest BCUT2D eigenvalue weighted by molar-refractivity contribution is 6.24. The average molecular weight is 1070 g/mol. The molecule has 5 heterocycles. The number of nitrogens with zero attached hydrogens (tertiary/aromatic N) is 5. The van der Waals surface area contributed by atoms with E-state index >= 15 is 4.39 Å². The van der Waals surface area contributed by atoms with Gasteiger partial charge in [0.05, 0.1) is 33.6 Å². The van der Waals surface area contributed by atoms with Gasteiger partial charge < -0.3 is 31.2 Å². The largest absolute Gasteiger partial charge is 0.417 e. The first-order valence-corrected chi connectivity index (χ1v) is 26.1. The second-order valence-corrected chi connectivity index (χ2v) is 19.6. The Balaban J connectivity index is 0.000000250. The van der Waals surface area contributed by atoms with Crippen LogP contribution >= 0.6 is 0 Å². The monoisotopic (exact) mass is 1070 g/mol. The minimum atomic E-state index is -4.93. The van der Waals surface area contributed by atoms with E-state index in [2.05, 4.69) is 30.8 Å². The molecule has 0 saturated carbocycles. The van der Waals surface area contributed by atoms with Gasteiger partial charge in [-0.1, -0.05) is 44.2 Å². The van der Waals surface area contributed by atoms with Gasteiger partial charge in [0.25, 0.3) is 17.7 Å². The summed E-state index contributed by atoms with van der Waals surface area (Å²) >= 11 is 0. The number of H-pyrrole nitrogens is 1. The molecule has 2 aromatic heterocycles. The number of amides is 7. The van der Waals surface area contributed by atoms with E-state index in [-0.39, 0.29) is 72.6 Å². The molecule has 2 fully saturated rings. The fourth-order valence-electron chi connectivity index (χ4n) is 9.78. The highest BCUT2D eigenvalue weighted by atomic mass is 19.4. The zero-order valence-corrected chi connectivity index (χ0v) is 44.1. The minimum Gasteiger partial charge on any atom is -0.384 e. The molecule has 0 aliphatic carbocycles. The van der Waals surface area contributed by atoms with Gasteiger partial charge >= 0.3 is 6.18 Å². The lowest BCUT2D eigenvalue weighted by atomic mass is 9.97. The first-order chi connectivity index (χ1) is 36.6. The van der Waals surface area contributed by atoms with Gasteiger partial charge in [-0.05, 0) is 96.3 Å². The van der Waals surface area contributed by atoms with E-state index in [4.69, 9.17) is 5.73 Å². The van der Waals surface area contributed by atoms with Gasteiger partial charge in [-0.2, -0.15) is 13.2 Å². The van der Waals surface area contributed by atoms with Crippen molar-refractivity contribution in [2.45, 2.75) is 129 Å². The molecule has 6 N–H and O–H groups in total. The topological polar surface area (TPSA) is 240 Å². The van der Waals surface area contributed by atoms with Crippen molar-refractivity contribution in [3.05, 3.63) is 105 Å². The number of aromatic amines is 1. The molecule has 0 bridgehead atoms. The molecule has 77 heavy (non-hydrogen) atoms. The maximum absolute atomic E-state index is 15.4. The van der Waals surface area contributed by atoms with Crippen LogP contribution < -0.4 is 32.1 Å². The Morgan fingerprint density at radius 1 is 0.857 bits per heavy atom. The number of imide groups is 2. The van der Waals surface area contributed by atoms with Crippen molar-refractivity contribution >= 4 is 58.5 Å². The van der Waals surface area contributed by atoms with E-state index in [0.717, 1.165) is 55.4 Å². The number of aromatic nitrogens is 2. The molecule has 2 saturated heterocycles. The molecule has 414 valence electrons.